The summed E-state index contributed by atoms with van der Waals surface area (Å²) in [5, 5.41) is 0. The van der Waals surface area contributed by atoms with Crippen LogP contribution >= 0.6 is 0 Å². The van der Waals surface area contributed by atoms with E-state index in [0.717, 1.165) is 12.0 Å². The van der Waals surface area contributed by atoms with Crippen LogP contribution in [0.2, 0.25) is 0 Å². The summed E-state index contributed by atoms with van der Waals surface area (Å²) in [6.45, 7) is 1.16. The Labute approximate surface area is 108 Å². The predicted molar refractivity (Wildman–Crippen MR) is 70.0 cm³/mol. The molecule has 0 radical (unpaired) electrons. The van der Waals surface area contributed by atoms with Gasteiger partial charge in [-0.05, 0) is 30.5 Å². The number of hydrogen-bond acceptors (Lipinski definition) is 4. The van der Waals surface area contributed by atoms with Crippen LogP contribution in [-0.2, 0) is 16.0 Å². The highest BCUT2D eigenvalue weighted by Gasteiger charge is 2.17. The van der Waals surface area contributed by atoms with Crippen LogP contribution in [0.3, 0.4) is 0 Å². The van der Waals surface area contributed by atoms with Gasteiger partial charge in [0.15, 0.2) is 0 Å². The van der Waals surface area contributed by atoms with Crippen molar-refractivity contribution in [3.63, 3.8) is 0 Å². The predicted octanol–water partition coefficient (Wildman–Crippen LogP) is 0.446. The van der Waals surface area contributed by atoms with Gasteiger partial charge in [0, 0.05) is 39.7 Å². The van der Waals surface area contributed by atoms with Crippen molar-refractivity contribution in [1.29, 1.82) is 0 Å². The number of aromatic nitrogens is 1. The van der Waals surface area contributed by atoms with Crippen molar-refractivity contribution in [2.24, 2.45) is 5.73 Å². The highest BCUT2D eigenvalue weighted by atomic mass is 16.5. The lowest BCUT2D eigenvalue weighted by Gasteiger charge is -2.21. The molecule has 0 aliphatic heterocycles. The van der Waals surface area contributed by atoms with Gasteiger partial charge in [0.2, 0.25) is 5.91 Å². The van der Waals surface area contributed by atoms with Crippen molar-refractivity contribution in [3.8, 4) is 0 Å². The third kappa shape index (κ3) is 4.81. The van der Waals surface area contributed by atoms with Crippen LogP contribution in [0.5, 0.6) is 0 Å². The van der Waals surface area contributed by atoms with Crippen molar-refractivity contribution in [3.05, 3.63) is 30.1 Å². The van der Waals surface area contributed by atoms with Gasteiger partial charge in [0.05, 0.1) is 6.04 Å². The van der Waals surface area contributed by atoms with Crippen LogP contribution in [0.25, 0.3) is 0 Å². The van der Waals surface area contributed by atoms with Crippen molar-refractivity contribution >= 4 is 5.91 Å². The second-order valence-electron chi connectivity index (χ2n) is 4.25. The van der Waals surface area contributed by atoms with E-state index in [9.17, 15) is 4.79 Å². The Bertz CT molecular complexity index is 357. The lowest BCUT2D eigenvalue weighted by atomic mass is 10.1. The van der Waals surface area contributed by atoms with Crippen LogP contribution in [-0.4, -0.2) is 49.1 Å². The van der Waals surface area contributed by atoms with Gasteiger partial charge in [0.25, 0.3) is 0 Å². The monoisotopic (exact) mass is 251 g/mol. The number of nitrogens with two attached hydrogens (primary N) is 1. The van der Waals surface area contributed by atoms with Gasteiger partial charge in [-0.25, -0.2) is 0 Å². The highest BCUT2D eigenvalue weighted by Crippen LogP contribution is 2.01. The number of nitrogens with zero attached hydrogens (tertiary/aromatic N) is 2. The smallest absolute Gasteiger partial charge is 0.239 e. The Morgan fingerprint density at radius 1 is 1.50 bits per heavy atom. The summed E-state index contributed by atoms with van der Waals surface area (Å²) in [7, 11) is 3.38. The lowest BCUT2D eigenvalue weighted by molar-refractivity contribution is -0.131. The first-order valence-corrected chi connectivity index (χ1v) is 6.03. The first-order valence-electron chi connectivity index (χ1n) is 6.03. The van der Waals surface area contributed by atoms with Crippen molar-refractivity contribution < 1.29 is 9.53 Å². The molecule has 1 aromatic rings. The zero-order valence-corrected chi connectivity index (χ0v) is 11.0. The first-order chi connectivity index (χ1) is 8.65. The molecule has 1 aromatic heterocycles. The SMILES string of the molecule is COCCC(N)C(=O)N(C)CCc1ccncc1. The van der Waals surface area contributed by atoms with Crippen LogP contribution < -0.4 is 5.73 Å². The quantitative estimate of drug-likeness (QED) is 0.764. The van der Waals surface area contributed by atoms with E-state index in [2.05, 4.69) is 4.98 Å². The van der Waals surface area contributed by atoms with E-state index in [1.165, 1.54) is 0 Å². The van der Waals surface area contributed by atoms with Gasteiger partial charge >= 0.3 is 0 Å². The first kappa shape index (κ1) is 14.6. The molecule has 5 nitrogen and oxygen atoms in total. The zero-order valence-electron chi connectivity index (χ0n) is 11.0. The average Bonchev–Trinajstić information content (AvgIpc) is 2.42. The molecule has 0 aliphatic rings. The van der Waals surface area contributed by atoms with Gasteiger partial charge in [-0.2, -0.15) is 0 Å². The third-order valence-electron chi connectivity index (χ3n) is 2.81. The molecule has 0 aliphatic carbocycles. The molecule has 0 bridgehead atoms. The third-order valence-corrected chi connectivity index (χ3v) is 2.81. The molecule has 0 aromatic carbocycles. The topological polar surface area (TPSA) is 68.5 Å². The summed E-state index contributed by atoms with van der Waals surface area (Å²) in [6.07, 6.45) is 4.86. The molecule has 18 heavy (non-hydrogen) atoms. The minimum atomic E-state index is -0.479. The summed E-state index contributed by atoms with van der Waals surface area (Å²) >= 11 is 0. The van der Waals surface area contributed by atoms with Crippen LogP contribution in [0, 0.1) is 0 Å². The molecule has 1 heterocycles. The number of pyridine rings is 1. The average molecular weight is 251 g/mol. The Hall–Kier alpha value is -1.46. The Balaban J connectivity index is 2.35. The number of likely N-dealkylation sites (N-methyl/N-ethyl adjacent to an activating group) is 1. The number of ether oxygens (including phenoxy) is 1. The fraction of sp³-hybridized carbons (Fsp3) is 0.538. The Kier molecular flexibility index (Phi) is 6.32. The summed E-state index contributed by atoms with van der Waals surface area (Å²) in [5.74, 6) is -0.0406. The normalized spacial score (nSPS) is 12.2. The molecule has 100 valence electrons. The lowest BCUT2D eigenvalue weighted by Crippen LogP contribution is -2.43. The van der Waals surface area contributed by atoms with Crippen molar-refractivity contribution in [1.82, 2.24) is 9.88 Å². The van der Waals surface area contributed by atoms with E-state index in [4.69, 9.17) is 10.5 Å². The van der Waals surface area contributed by atoms with Gasteiger partial charge < -0.3 is 15.4 Å². The fourth-order valence-electron chi connectivity index (χ4n) is 1.61. The molecule has 2 N–H and O–H groups in total. The van der Waals surface area contributed by atoms with Crippen LogP contribution in [0.1, 0.15) is 12.0 Å². The van der Waals surface area contributed by atoms with E-state index in [-0.39, 0.29) is 5.91 Å². The Morgan fingerprint density at radius 3 is 2.78 bits per heavy atom. The van der Waals surface area contributed by atoms with E-state index in [1.807, 2.05) is 12.1 Å². The maximum absolute atomic E-state index is 11.9. The fourth-order valence-corrected chi connectivity index (χ4v) is 1.61. The maximum atomic E-state index is 11.9. The number of carbonyl (C=O) groups is 1. The zero-order chi connectivity index (χ0) is 13.4. The molecule has 0 spiro atoms. The molecular weight excluding hydrogens is 230 g/mol. The highest BCUT2D eigenvalue weighted by molar-refractivity contribution is 5.81. The largest absolute Gasteiger partial charge is 0.385 e. The van der Waals surface area contributed by atoms with Crippen molar-refractivity contribution in [2.45, 2.75) is 18.9 Å². The van der Waals surface area contributed by atoms with E-state index in [0.29, 0.717) is 19.6 Å². The van der Waals surface area contributed by atoms with Crippen molar-refractivity contribution in [2.75, 3.05) is 27.3 Å². The van der Waals surface area contributed by atoms with Gasteiger partial charge in [-0.1, -0.05) is 0 Å². The Morgan fingerprint density at radius 2 is 2.17 bits per heavy atom. The second-order valence-corrected chi connectivity index (χ2v) is 4.25. The minimum Gasteiger partial charge on any atom is -0.385 e. The standard InChI is InChI=1S/C13H21N3O2/c1-16(13(17)12(14)6-10-18-2)9-5-11-3-7-15-8-4-11/h3-4,7-8,12H,5-6,9-10,14H2,1-2H3. The number of amides is 1. The summed E-state index contributed by atoms with van der Waals surface area (Å²) in [5.41, 5.74) is 6.95. The summed E-state index contributed by atoms with van der Waals surface area (Å²) in [6, 6.07) is 3.42. The molecule has 1 rings (SSSR count). The summed E-state index contributed by atoms with van der Waals surface area (Å²) in [4.78, 5) is 17.5. The minimum absolute atomic E-state index is 0.0406. The second kappa shape index (κ2) is 7.79. The van der Waals surface area contributed by atoms with Crippen LogP contribution in [0.15, 0.2) is 24.5 Å². The van der Waals surface area contributed by atoms with E-state index in [1.54, 1.807) is 31.5 Å². The maximum Gasteiger partial charge on any atom is 0.239 e. The molecule has 1 amide bonds. The molecule has 1 unspecified atom stereocenters. The van der Waals surface area contributed by atoms with Gasteiger partial charge in [-0.15, -0.1) is 0 Å². The number of hydrogen-bond donors (Lipinski definition) is 1. The molecule has 0 saturated heterocycles. The summed E-state index contributed by atoms with van der Waals surface area (Å²) < 4.78 is 4.91. The molecule has 5 heteroatoms. The molecule has 1 atom stereocenters. The molecule has 0 saturated carbocycles. The molecular formula is C13H21N3O2. The van der Waals surface area contributed by atoms with Gasteiger partial charge in [0.1, 0.15) is 0 Å². The van der Waals surface area contributed by atoms with Gasteiger partial charge in [-0.3, -0.25) is 9.78 Å². The molecule has 0 fully saturated rings. The number of methoxy groups -OCH3 is 1. The van der Waals surface area contributed by atoms with E-state index >= 15 is 0 Å². The van der Waals surface area contributed by atoms with Crippen LogP contribution in [0.4, 0.5) is 0 Å². The number of carbonyl (C=O) groups excluding carboxylic acids is 1. The number of rotatable bonds is 7. The van der Waals surface area contributed by atoms with E-state index < -0.39 is 6.04 Å².